The van der Waals surface area contributed by atoms with Gasteiger partial charge in [0.15, 0.2) is 4.77 Å². The van der Waals surface area contributed by atoms with Gasteiger partial charge in [-0.3, -0.25) is 14.3 Å². The summed E-state index contributed by atoms with van der Waals surface area (Å²) in [4.78, 5) is 13.7. The van der Waals surface area contributed by atoms with Crippen molar-refractivity contribution in [1.82, 2.24) is 9.55 Å². The Labute approximate surface area is 98.4 Å². The van der Waals surface area contributed by atoms with Crippen LogP contribution in [0.2, 0.25) is 0 Å². The average Bonchev–Trinajstić information content (AvgIpc) is 2.15. The third-order valence-corrected chi connectivity index (χ3v) is 2.61. The Balaban J connectivity index is 2.67. The van der Waals surface area contributed by atoms with Gasteiger partial charge >= 0.3 is 0 Å². The average molecular weight is 232 g/mol. The van der Waals surface area contributed by atoms with E-state index in [4.69, 9.17) is 12.2 Å². The molecule has 0 saturated carbocycles. The van der Waals surface area contributed by atoms with Crippen LogP contribution in [0.3, 0.4) is 0 Å². The molecule has 0 aliphatic rings. The lowest BCUT2D eigenvalue weighted by molar-refractivity contribution is 0.934. The minimum Gasteiger partial charge on any atom is -0.299 e. The van der Waals surface area contributed by atoms with Crippen molar-refractivity contribution in [2.24, 2.45) is 0 Å². The summed E-state index contributed by atoms with van der Waals surface area (Å²) >= 11 is 5.12. The Bertz CT molecular complexity index is 620. The molecule has 0 spiro atoms. The number of nitrogens with one attached hydrogen (secondary N) is 1. The number of aromatic amines is 1. The molecule has 1 aromatic heterocycles. The number of rotatable bonds is 1. The van der Waals surface area contributed by atoms with Crippen molar-refractivity contribution in [3.8, 4) is 5.69 Å². The molecule has 4 heteroatoms. The molecule has 0 fully saturated rings. The third kappa shape index (κ3) is 2.12. The summed E-state index contributed by atoms with van der Waals surface area (Å²) in [6.45, 7) is 4.07. The fraction of sp³-hybridized carbons (Fsp3) is 0.167. The minimum absolute atomic E-state index is 0.175. The Morgan fingerprint density at radius 3 is 2.38 bits per heavy atom. The van der Waals surface area contributed by atoms with E-state index in [1.165, 1.54) is 17.2 Å². The molecular weight excluding hydrogens is 220 g/mol. The van der Waals surface area contributed by atoms with E-state index in [2.05, 4.69) is 11.1 Å². The predicted octanol–water partition coefficient (Wildman–Crippen LogP) is 2.51. The molecule has 2 rings (SSSR count). The van der Waals surface area contributed by atoms with Gasteiger partial charge in [0, 0.05) is 18.0 Å². The first-order chi connectivity index (χ1) is 7.56. The normalized spacial score (nSPS) is 10.4. The second-order valence-electron chi connectivity index (χ2n) is 3.83. The molecule has 0 atom stereocenters. The summed E-state index contributed by atoms with van der Waals surface area (Å²) in [6, 6.07) is 7.62. The smallest absolute Gasteiger partial charge is 0.251 e. The van der Waals surface area contributed by atoms with Crippen LogP contribution >= 0.6 is 12.2 Å². The molecule has 1 aromatic carbocycles. The monoisotopic (exact) mass is 232 g/mol. The third-order valence-electron chi connectivity index (χ3n) is 2.31. The number of benzene rings is 1. The van der Waals surface area contributed by atoms with Crippen LogP contribution in [0.15, 0.2) is 35.3 Å². The van der Waals surface area contributed by atoms with E-state index >= 15 is 0 Å². The zero-order chi connectivity index (χ0) is 11.7. The largest absolute Gasteiger partial charge is 0.299 e. The summed E-state index contributed by atoms with van der Waals surface area (Å²) in [5.74, 6) is 0. The van der Waals surface area contributed by atoms with Crippen LogP contribution < -0.4 is 5.56 Å². The molecule has 3 nitrogen and oxygen atoms in total. The van der Waals surface area contributed by atoms with Crippen LogP contribution in [0.4, 0.5) is 0 Å². The van der Waals surface area contributed by atoms with Crippen molar-refractivity contribution in [1.29, 1.82) is 0 Å². The van der Waals surface area contributed by atoms with E-state index in [1.54, 1.807) is 10.8 Å². The van der Waals surface area contributed by atoms with Gasteiger partial charge < -0.3 is 0 Å². The van der Waals surface area contributed by atoms with Gasteiger partial charge in [-0.25, -0.2) is 0 Å². The number of hydrogen-bond donors (Lipinski definition) is 1. The van der Waals surface area contributed by atoms with E-state index in [9.17, 15) is 4.79 Å². The molecule has 0 aliphatic heterocycles. The zero-order valence-electron chi connectivity index (χ0n) is 9.15. The van der Waals surface area contributed by atoms with E-state index in [0.29, 0.717) is 4.77 Å². The van der Waals surface area contributed by atoms with Gasteiger partial charge in [0.05, 0.1) is 0 Å². The molecule has 2 aromatic rings. The Morgan fingerprint density at radius 1 is 1.19 bits per heavy atom. The van der Waals surface area contributed by atoms with Crippen molar-refractivity contribution in [3.05, 3.63) is 56.7 Å². The van der Waals surface area contributed by atoms with Gasteiger partial charge in [-0.15, -0.1) is 0 Å². The molecule has 1 N–H and O–H groups in total. The van der Waals surface area contributed by atoms with Gasteiger partial charge in [0.25, 0.3) is 5.56 Å². The molecule has 0 amide bonds. The van der Waals surface area contributed by atoms with Crippen molar-refractivity contribution in [3.63, 3.8) is 0 Å². The van der Waals surface area contributed by atoms with Crippen LogP contribution in [-0.2, 0) is 0 Å². The quantitative estimate of drug-likeness (QED) is 0.767. The van der Waals surface area contributed by atoms with Crippen LogP contribution in [0.1, 0.15) is 11.1 Å². The van der Waals surface area contributed by atoms with Crippen molar-refractivity contribution in [2.45, 2.75) is 13.8 Å². The second kappa shape index (κ2) is 4.06. The fourth-order valence-electron chi connectivity index (χ4n) is 1.71. The molecule has 1 heterocycles. The summed E-state index contributed by atoms with van der Waals surface area (Å²) in [6.07, 6.45) is 1.69. The van der Waals surface area contributed by atoms with Gasteiger partial charge in [-0.05, 0) is 49.3 Å². The fourth-order valence-corrected chi connectivity index (χ4v) is 1.98. The topological polar surface area (TPSA) is 37.8 Å². The summed E-state index contributed by atoms with van der Waals surface area (Å²) < 4.78 is 2.20. The summed E-state index contributed by atoms with van der Waals surface area (Å²) in [7, 11) is 0. The molecule has 0 aliphatic carbocycles. The number of aromatic nitrogens is 2. The minimum atomic E-state index is -0.175. The van der Waals surface area contributed by atoms with Crippen LogP contribution in [0.25, 0.3) is 5.69 Å². The van der Waals surface area contributed by atoms with E-state index in [-0.39, 0.29) is 5.56 Å². The number of H-pyrrole nitrogens is 1. The van der Waals surface area contributed by atoms with Gasteiger partial charge in [-0.1, -0.05) is 6.07 Å². The molecule has 0 unspecified atom stereocenters. The van der Waals surface area contributed by atoms with Gasteiger partial charge in [0.2, 0.25) is 0 Å². The van der Waals surface area contributed by atoms with E-state index < -0.39 is 0 Å². The van der Waals surface area contributed by atoms with Gasteiger partial charge in [-0.2, -0.15) is 0 Å². The molecule has 16 heavy (non-hydrogen) atoms. The second-order valence-corrected chi connectivity index (χ2v) is 4.21. The molecule has 0 bridgehead atoms. The Kier molecular flexibility index (Phi) is 2.75. The van der Waals surface area contributed by atoms with Crippen molar-refractivity contribution in [2.75, 3.05) is 0 Å². The highest BCUT2D eigenvalue weighted by atomic mass is 32.1. The SMILES string of the molecule is Cc1cc(C)cc(-n2ccc(=O)[nH]c2=S)c1. The number of aryl methyl sites for hydroxylation is 2. The lowest BCUT2D eigenvalue weighted by Gasteiger charge is -2.08. The predicted molar refractivity (Wildman–Crippen MR) is 66.7 cm³/mol. The highest BCUT2D eigenvalue weighted by Crippen LogP contribution is 2.12. The van der Waals surface area contributed by atoms with Gasteiger partial charge in [0.1, 0.15) is 0 Å². The highest BCUT2D eigenvalue weighted by molar-refractivity contribution is 7.71. The van der Waals surface area contributed by atoms with Crippen molar-refractivity contribution >= 4 is 12.2 Å². The van der Waals surface area contributed by atoms with E-state index in [1.807, 2.05) is 26.0 Å². The molecular formula is C12H12N2OS. The maximum Gasteiger partial charge on any atom is 0.251 e. The Morgan fingerprint density at radius 2 is 1.81 bits per heavy atom. The molecule has 0 radical (unpaired) electrons. The van der Waals surface area contributed by atoms with Crippen LogP contribution in [0.5, 0.6) is 0 Å². The summed E-state index contributed by atoms with van der Waals surface area (Å²) in [5.41, 5.74) is 3.13. The number of nitrogens with zero attached hydrogens (tertiary/aromatic N) is 1. The lowest BCUT2D eigenvalue weighted by Crippen LogP contribution is -2.09. The Hall–Kier alpha value is -1.68. The highest BCUT2D eigenvalue weighted by Gasteiger charge is 1.99. The van der Waals surface area contributed by atoms with Crippen LogP contribution in [0, 0.1) is 18.6 Å². The maximum absolute atomic E-state index is 11.1. The first-order valence-electron chi connectivity index (χ1n) is 4.97. The first kappa shape index (κ1) is 10.8. The molecule has 0 saturated heterocycles. The van der Waals surface area contributed by atoms with Crippen LogP contribution in [-0.4, -0.2) is 9.55 Å². The standard InChI is InChI=1S/C12H12N2OS/c1-8-5-9(2)7-10(6-8)14-4-3-11(15)13-12(14)16/h3-7H,1-2H3,(H,13,15,16). The maximum atomic E-state index is 11.1. The lowest BCUT2D eigenvalue weighted by atomic mass is 10.1. The summed E-state index contributed by atoms with van der Waals surface area (Å²) in [5, 5.41) is 0. The zero-order valence-corrected chi connectivity index (χ0v) is 9.97. The van der Waals surface area contributed by atoms with E-state index in [0.717, 1.165) is 5.69 Å². The first-order valence-corrected chi connectivity index (χ1v) is 5.38. The number of hydrogen-bond acceptors (Lipinski definition) is 2. The molecule has 82 valence electrons. The van der Waals surface area contributed by atoms with Crippen molar-refractivity contribution < 1.29 is 0 Å².